The number of hydrogen-bond acceptors (Lipinski definition) is 4. The molecule has 250 valence electrons. The van der Waals surface area contributed by atoms with Gasteiger partial charge in [0.2, 0.25) is 0 Å². The quantitative estimate of drug-likeness (QED) is 0.107. The van der Waals surface area contributed by atoms with E-state index in [0.717, 1.165) is 80.4 Å². The minimum absolute atomic E-state index is 0.131. The van der Waals surface area contributed by atoms with Gasteiger partial charge in [-0.05, 0) is 92.3 Å². The largest absolute Gasteiger partial charge is 0.354 e. The molecule has 50 heavy (non-hydrogen) atoms. The van der Waals surface area contributed by atoms with Crippen LogP contribution in [0.25, 0.3) is 65.4 Å². The number of benzene rings is 5. The summed E-state index contributed by atoms with van der Waals surface area (Å²) in [5.41, 5.74) is 6.07. The van der Waals surface area contributed by atoms with Gasteiger partial charge in [-0.15, -0.1) is 0 Å². The lowest BCUT2D eigenvalue weighted by molar-refractivity contribution is 0.0948. The van der Waals surface area contributed by atoms with Gasteiger partial charge in [0, 0.05) is 55.7 Å². The van der Waals surface area contributed by atoms with Crippen LogP contribution in [0.2, 0.25) is 10.0 Å². The Hall–Kier alpha value is -5.15. The number of halogens is 2. The molecule has 0 atom stereocenters. The van der Waals surface area contributed by atoms with Crippen molar-refractivity contribution in [2.24, 2.45) is 0 Å². The molecular formula is C40H34Cl2N6O2. The van der Waals surface area contributed by atoms with E-state index in [2.05, 4.69) is 44.7 Å². The lowest BCUT2D eigenvalue weighted by atomic mass is 9.99. The number of nitrogens with zero attached hydrogens (tertiary/aromatic N) is 2. The van der Waals surface area contributed by atoms with E-state index in [-0.39, 0.29) is 11.8 Å². The second-order valence-corrected chi connectivity index (χ2v) is 13.6. The van der Waals surface area contributed by atoms with Crippen LogP contribution in [-0.4, -0.2) is 64.9 Å². The average Bonchev–Trinajstić information content (AvgIpc) is 3.67. The van der Waals surface area contributed by atoms with Gasteiger partial charge in [-0.1, -0.05) is 65.7 Å². The van der Waals surface area contributed by atoms with Gasteiger partial charge in [-0.25, -0.2) is 4.98 Å². The number of para-hydroxylation sites is 2. The van der Waals surface area contributed by atoms with Crippen molar-refractivity contribution in [3.63, 3.8) is 0 Å². The summed E-state index contributed by atoms with van der Waals surface area (Å²) < 4.78 is 0. The van der Waals surface area contributed by atoms with E-state index in [4.69, 9.17) is 28.2 Å². The van der Waals surface area contributed by atoms with Crippen LogP contribution in [0.4, 0.5) is 0 Å². The summed E-state index contributed by atoms with van der Waals surface area (Å²) in [4.78, 5) is 41.3. The molecule has 0 spiro atoms. The summed E-state index contributed by atoms with van der Waals surface area (Å²) in [7, 11) is 2.05. The van der Waals surface area contributed by atoms with Crippen LogP contribution in [0.15, 0.2) is 91.0 Å². The highest BCUT2D eigenvalue weighted by molar-refractivity contribution is 6.33. The standard InChI is InChI=1S/C40H34Cl2N6O2/c1-48(18-6-16-43-39(49)34-28-21-24(41)13-12-23(28)20-29-26-8-2-4-10-31(26)45-36(29)34)19-7-17-44-40(50)35-30-22-25(42)14-15-33(30)46-37-27-9-3-5-11-32(27)47-38(35)37/h2-5,8-15,20-22,45,47H,6-7,16-19H2,1H3,(H,43,49)(H,44,50). The highest BCUT2D eigenvalue weighted by Gasteiger charge is 2.21. The molecule has 3 aromatic heterocycles. The van der Waals surface area contributed by atoms with E-state index in [1.54, 1.807) is 12.1 Å². The number of nitrogens with one attached hydrogen (secondary N) is 4. The number of rotatable bonds is 10. The topological polar surface area (TPSA) is 106 Å². The fraction of sp³-hybridized carbons (Fsp3) is 0.175. The van der Waals surface area contributed by atoms with E-state index >= 15 is 0 Å². The van der Waals surface area contributed by atoms with Gasteiger partial charge in [-0.3, -0.25) is 9.59 Å². The Morgan fingerprint density at radius 1 is 0.660 bits per heavy atom. The monoisotopic (exact) mass is 700 g/mol. The highest BCUT2D eigenvalue weighted by Crippen LogP contribution is 2.35. The zero-order valence-corrected chi connectivity index (χ0v) is 28.9. The van der Waals surface area contributed by atoms with Gasteiger partial charge in [0.1, 0.15) is 0 Å². The molecule has 3 heterocycles. The Morgan fingerprint density at radius 3 is 1.96 bits per heavy atom. The first-order chi connectivity index (χ1) is 24.4. The third-order valence-corrected chi connectivity index (χ3v) is 9.90. The first kappa shape index (κ1) is 32.1. The summed E-state index contributed by atoms with van der Waals surface area (Å²) in [5.74, 6) is -0.297. The first-order valence-corrected chi connectivity index (χ1v) is 17.5. The lowest BCUT2D eigenvalue weighted by Crippen LogP contribution is -2.31. The molecule has 5 aromatic carbocycles. The van der Waals surface area contributed by atoms with E-state index in [1.807, 2.05) is 66.7 Å². The maximum Gasteiger partial charge on any atom is 0.254 e. The Morgan fingerprint density at radius 2 is 1.24 bits per heavy atom. The predicted octanol–water partition coefficient (Wildman–Crippen LogP) is 8.84. The van der Waals surface area contributed by atoms with Crippen molar-refractivity contribution in [3.05, 3.63) is 112 Å². The number of carbonyl (C=O) groups excluding carboxylic acids is 2. The number of carbonyl (C=O) groups is 2. The molecule has 4 N–H and O–H groups in total. The molecule has 8 rings (SSSR count). The maximum atomic E-state index is 13.7. The van der Waals surface area contributed by atoms with E-state index in [9.17, 15) is 9.59 Å². The van der Waals surface area contributed by atoms with Gasteiger partial charge in [0.25, 0.3) is 11.8 Å². The Kier molecular flexibility index (Phi) is 8.52. The summed E-state index contributed by atoms with van der Waals surface area (Å²) in [5, 5.41) is 13.0. The predicted molar refractivity (Wildman–Crippen MR) is 206 cm³/mol. The van der Waals surface area contributed by atoms with Crippen molar-refractivity contribution in [1.29, 1.82) is 0 Å². The van der Waals surface area contributed by atoms with Gasteiger partial charge >= 0.3 is 0 Å². The number of pyridine rings is 1. The van der Waals surface area contributed by atoms with Gasteiger partial charge < -0.3 is 25.5 Å². The number of aromatic nitrogens is 3. The van der Waals surface area contributed by atoms with Crippen LogP contribution in [0.3, 0.4) is 0 Å². The molecule has 0 aliphatic carbocycles. The van der Waals surface area contributed by atoms with Gasteiger partial charge in [0.05, 0.1) is 33.2 Å². The highest BCUT2D eigenvalue weighted by atomic mass is 35.5. The zero-order valence-electron chi connectivity index (χ0n) is 27.4. The molecule has 0 radical (unpaired) electrons. The molecule has 8 nitrogen and oxygen atoms in total. The molecule has 0 fully saturated rings. The summed E-state index contributed by atoms with van der Waals surface area (Å²) >= 11 is 12.7. The molecule has 10 heteroatoms. The molecule has 0 saturated heterocycles. The van der Waals surface area contributed by atoms with Crippen molar-refractivity contribution in [3.8, 4) is 0 Å². The van der Waals surface area contributed by atoms with Crippen molar-refractivity contribution >= 4 is 100 Å². The average molecular weight is 702 g/mol. The Labute approximate surface area is 297 Å². The number of H-pyrrole nitrogens is 2. The van der Waals surface area contributed by atoms with Crippen molar-refractivity contribution in [1.82, 2.24) is 30.5 Å². The number of aromatic amines is 2. The van der Waals surface area contributed by atoms with E-state index in [1.165, 1.54) is 0 Å². The van der Waals surface area contributed by atoms with Gasteiger partial charge in [0.15, 0.2) is 0 Å². The Balaban J connectivity index is 0.890. The SMILES string of the molecule is CN(CCCNC(=O)c1c2cc(Cl)ccc2cc2c1[nH]c1ccccc12)CCCNC(=O)c1c2cc(Cl)ccc2nc2c1[nH]c1ccccc12. The second-order valence-electron chi connectivity index (χ2n) is 12.8. The number of amides is 2. The van der Waals surface area contributed by atoms with Crippen molar-refractivity contribution < 1.29 is 9.59 Å². The van der Waals surface area contributed by atoms with Crippen LogP contribution < -0.4 is 10.6 Å². The van der Waals surface area contributed by atoms with Crippen LogP contribution >= 0.6 is 23.2 Å². The van der Waals surface area contributed by atoms with Crippen LogP contribution in [0.5, 0.6) is 0 Å². The first-order valence-electron chi connectivity index (χ1n) is 16.7. The molecule has 0 aliphatic heterocycles. The van der Waals surface area contributed by atoms with Crippen LogP contribution in [-0.2, 0) is 0 Å². The molecular weight excluding hydrogens is 667 g/mol. The molecule has 2 amide bonds. The van der Waals surface area contributed by atoms with Gasteiger partial charge in [-0.2, -0.15) is 0 Å². The summed E-state index contributed by atoms with van der Waals surface area (Å²) in [6.07, 6.45) is 1.54. The molecule has 0 bridgehead atoms. The zero-order chi connectivity index (χ0) is 34.4. The molecule has 0 unspecified atom stereocenters. The summed E-state index contributed by atoms with van der Waals surface area (Å²) in [6.45, 7) is 2.62. The number of fused-ring (bicyclic) bond motifs is 8. The minimum Gasteiger partial charge on any atom is -0.354 e. The summed E-state index contributed by atoms with van der Waals surface area (Å²) in [6, 6.07) is 29.2. The fourth-order valence-electron chi connectivity index (χ4n) is 7.02. The third kappa shape index (κ3) is 5.89. The normalized spacial score (nSPS) is 11.9. The van der Waals surface area contributed by atoms with E-state index < -0.39 is 0 Å². The van der Waals surface area contributed by atoms with Crippen molar-refractivity contribution in [2.75, 3.05) is 33.2 Å². The minimum atomic E-state index is -0.166. The third-order valence-electron chi connectivity index (χ3n) is 9.43. The maximum absolute atomic E-state index is 13.7. The molecule has 0 aliphatic rings. The number of hydrogen-bond donors (Lipinski definition) is 4. The molecule has 8 aromatic rings. The smallest absolute Gasteiger partial charge is 0.254 e. The van der Waals surface area contributed by atoms with E-state index in [0.29, 0.717) is 45.2 Å². The van der Waals surface area contributed by atoms with Crippen molar-refractivity contribution in [2.45, 2.75) is 12.8 Å². The van der Waals surface area contributed by atoms with Crippen LogP contribution in [0, 0.1) is 0 Å². The van der Waals surface area contributed by atoms with Crippen LogP contribution in [0.1, 0.15) is 33.6 Å². The fourth-order valence-corrected chi connectivity index (χ4v) is 7.36. The molecule has 0 saturated carbocycles. The lowest BCUT2D eigenvalue weighted by Gasteiger charge is -2.17. The Bertz CT molecular complexity index is 2430. The second kappa shape index (κ2) is 13.3.